The van der Waals surface area contributed by atoms with Crippen molar-refractivity contribution in [3.05, 3.63) is 22.5 Å². The van der Waals surface area contributed by atoms with Gasteiger partial charge in [0.05, 0.1) is 5.69 Å². The Labute approximate surface area is 96.8 Å². The number of rotatable bonds is 3. The summed E-state index contributed by atoms with van der Waals surface area (Å²) in [4.78, 5) is 16.6. The molecule has 1 saturated heterocycles. The Morgan fingerprint density at radius 2 is 1.94 bits per heavy atom. The Bertz CT molecular complexity index is 389. The summed E-state index contributed by atoms with van der Waals surface area (Å²) in [6.45, 7) is 8.70. The molecule has 0 aromatic carbocycles. The van der Waals surface area contributed by atoms with Crippen LogP contribution >= 0.6 is 0 Å². The van der Waals surface area contributed by atoms with Crippen LogP contribution in [0.1, 0.15) is 53.1 Å². The van der Waals surface area contributed by atoms with Gasteiger partial charge in [-0.25, -0.2) is 0 Å². The zero-order valence-corrected chi connectivity index (χ0v) is 10.3. The molecule has 0 radical (unpaired) electrons. The van der Waals surface area contributed by atoms with Crippen molar-refractivity contribution in [1.82, 2.24) is 9.88 Å². The minimum absolute atomic E-state index is 0.424. The highest BCUT2D eigenvalue weighted by molar-refractivity contribution is 5.76. The standard InChI is InChI=1S/C13H20N2O/c1-9-12(8-16)14-10(2)13(9)11(3)15-6-4-5-7-15/h8,11,14H,4-7H2,1-3H3. The highest BCUT2D eigenvalue weighted by Gasteiger charge is 2.24. The molecule has 1 atom stereocenters. The molecule has 0 aliphatic carbocycles. The minimum atomic E-state index is 0.424. The van der Waals surface area contributed by atoms with Gasteiger partial charge in [-0.2, -0.15) is 0 Å². The second-order valence-electron chi connectivity index (χ2n) is 4.74. The van der Waals surface area contributed by atoms with Crippen LogP contribution in [0.15, 0.2) is 0 Å². The second-order valence-corrected chi connectivity index (χ2v) is 4.74. The lowest BCUT2D eigenvalue weighted by molar-refractivity contribution is 0.111. The van der Waals surface area contributed by atoms with Gasteiger partial charge < -0.3 is 4.98 Å². The molecular weight excluding hydrogens is 200 g/mol. The average molecular weight is 220 g/mol. The zero-order chi connectivity index (χ0) is 11.7. The molecule has 0 amide bonds. The van der Waals surface area contributed by atoms with E-state index in [0.717, 1.165) is 23.2 Å². The molecule has 2 heterocycles. The Morgan fingerprint density at radius 3 is 2.44 bits per heavy atom. The zero-order valence-electron chi connectivity index (χ0n) is 10.3. The normalized spacial score (nSPS) is 18.9. The predicted molar refractivity (Wildman–Crippen MR) is 64.9 cm³/mol. The van der Waals surface area contributed by atoms with Crippen LogP contribution in [0.5, 0.6) is 0 Å². The van der Waals surface area contributed by atoms with Gasteiger partial charge in [0.2, 0.25) is 0 Å². The molecule has 1 N–H and O–H groups in total. The summed E-state index contributed by atoms with van der Waals surface area (Å²) in [6, 6.07) is 0.424. The van der Waals surface area contributed by atoms with E-state index in [1.54, 1.807) is 0 Å². The lowest BCUT2D eigenvalue weighted by atomic mass is 10.0. The molecule has 3 heteroatoms. The number of H-pyrrole nitrogens is 1. The first-order valence-electron chi connectivity index (χ1n) is 6.03. The van der Waals surface area contributed by atoms with E-state index in [9.17, 15) is 4.79 Å². The molecule has 88 valence electrons. The quantitative estimate of drug-likeness (QED) is 0.795. The van der Waals surface area contributed by atoms with Crippen LogP contribution in [0.3, 0.4) is 0 Å². The van der Waals surface area contributed by atoms with E-state index in [4.69, 9.17) is 0 Å². The minimum Gasteiger partial charge on any atom is -0.356 e. The Balaban J connectivity index is 2.31. The first-order valence-corrected chi connectivity index (χ1v) is 6.03. The van der Waals surface area contributed by atoms with Gasteiger partial charge >= 0.3 is 0 Å². The van der Waals surface area contributed by atoms with E-state index in [1.807, 2.05) is 6.92 Å². The van der Waals surface area contributed by atoms with Gasteiger partial charge in [-0.15, -0.1) is 0 Å². The molecule has 1 fully saturated rings. The molecule has 1 aromatic heterocycles. The summed E-state index contributed by atoms with van der Waals surface area (Å²) in [6.07, 6.45) is 3.52. The first kappa shape index (κ1) is 11.4. The number of nitrogens with zero attached hydrogens (tertiary/aromatic N) is 1. The molecule has 1 aliphatic heterocycles. The van der Waals surface area contributed by atoms with Crippen LogP contribution in [0.4, 0.5) is 0 Å². The van der Waals surface area contributed by atoms with Gasteiger partial charge in [-0.3, -0.25) is 9.69 Å². The van der Waals surface area contributed by atoms with Crippen molar-refractivity contribution < 1.29 is 4.79 Å². The summed E-state index contributed by atoms with van der Waals surface area (Å²) < 4.78 is 0. The van der Waals surface area contributed by atoms with E-state index in [0.29, 0.717) is 6.04 Å². The number of carbonyl (C=O) groups excluding carboxylic acids is 1. The fraction of sp³-hybridized carbons (Fsp3) is 0.615. The molecule has 2 rings (SSSR count). The number of aldehydes is 1. The van der Waals surface area contributed by atoms with Crippen molar-refractivity contribution in [3.63, 3.8) is 0 Å². The van der Waals surface area contributed by atoms with Crippen molar-refractivity contribution in [1.29, 1.82) is 0 Å². The molecular formula is C13H20N2O. The van der Waals surface area contributed by atoms with Gasteiger partial charge in [-0.05, 0) is 57.8 Å². The monoisotopic (exact) mass is 220 g/mol. The van der Waals surface area contributed by atoms with Gasteiger partial charge in [0.1, 0.15) is 0 Å². The highest BCUT2D eigenvalue weighted by atomic mass is 16.1. The number of likely N-dealkylation sites (tertiary alicyclic amines) is 1. The Kier molecular flexibility index (Phi) is 3.15. The maximum absolute atomic E-state index is 10.9. The van der Waals surface area contributed by atoms with Gasteiger partial charge in [0.15, 0.2) is 6.29 Å². The van der Waals surface area contributed by atoms with Crippen LogP contribution in [0.25, 0.3) is 0 Å². The third-order valence-electron chi connectivity index (χ3n) is 3.76. The van der Waals surface area contributed by atoms with E-state index < -0.39 is 0 Å². The van der Waals surface area contributed by atoms with Crippen LogP contribution in [0, 0.1) is 13.8 Å². The SMILES string of the molecule is Cc1[nH]c(C=O)c(C)c1C(C)N1CCCC1. The highest BCUT2D eigenvalue weighted by Crippen LogP contribution is 2.30. The third-order valence-corrected chi connectivity index (χ3v) is 3.76. The number of aromatic amines is 1. The van der Waals surface area contributed by atoms with Crippen molar-refractivity contribution in [2.24, 2.45) is 0 Å². The first-order chi connectivity index (χ1) is 7.65. The number of aromatic nitrogens is 1. The number of hydrogen-bond donors (Lipinski definition) is 1. The van der Waals surface area contributed by atoms with Gasteiger partial charge in [0.25, 0.3) is 0 Å². The maximum atomic E-state index is 10.9. The molecule has 0 spiro atoms. The van der Waals surface area contributed by atoms with Crippen molar-refractivity contribution in [2.75, 3.05) is 13.1 Å². The molecule has 3 nitrogen and oxygen atoms in total. The van der Waals surface area contributed by atoms with Crippen LogP contribution in [-0.2, 0) is 0 Å². The average Bonchev–Trinajstić information content (AvgIpc) is 2.86. The largest absolute Gasteiger partial charge is 0.356 e. The van der Waals surface area contributed by atoms with E-state index in [2.05, 4.69) is 23.7 Å². The molecule has 16 heavy (non-hydrogen) atoms. The van der Waals surface area contributed by atoms with Gasteiger partial charge in [0, 0.05) is 11.7 Å². The van der Waals surface area contributed by atoms with Crippen LogP contribution in [0.2, 0.25) is 0 Å². The molecule has 0 saturated carbocycles. The van der Waals surface area contributed by atoms with Crippen molar-refractivity contribution >= 4 is 6.29 Å². The summed E-state index contributed by atoms with van der Waals surface area (Å²) in [5.41, 5.74) is 4.30. The smallest absolute Gasteiger partial charge is 0.166 e. The van der Waals surface area contributed by atoms with Crippen molar-refractivity contribution in [2.45, 2.75) is 39.7 Å². The fourth-order valence-electron chi connectivity index (χ4n) is 2.85. The van der Waals surface area contributed by atoms with E-state index >= 15 is 0 Å². The molecule has 0 bridgehead atoms. The van der Waals surface area contributed by atoms with Crippen LogP contribution < -0.4 is 0 Å². The summed E-state index contributed by atoms with van der Waals surface area (Å²) in [5, 5.41) is 0. The van der Waals surface area contributed by atoms with Gasteiger partial charge in [-0.1, -0.05) is 0 Å². The topological polar surface area (TPSA) is 36.1 Å². The number of aryl methyl sites for hydroxylation is 1. The van der Waals surface area contributed by atoms with Crippen LogP contribution in [-0.4, -0.2) is 29.3 Å². The fourth-order valence-corrected chi connectivity index (χ4v) is 2.85. The summed E-state index contributed by atoms with van der Waals surface area (Å²) >= 11 is 0. The van der Waals surface area contributed by atoms with Crippen molar-refractivity contribution in [3.8, 4) is 0 Å². The second kappa shape index (κ2) is 4.42. The third kappa shape index (κ3) is 1.80. The predicted octanol–water partition coefficient (Wildman–Crippen LogP) is 2.60. The lowest BCUT2D eigenvalue weighted by Crippen LogP contribution is -2.24. The summed E-state index contributed by atoms with van der Waals surface area (Å²) in [7, 11) is 0. The Morgan fingerprint density at radius 1 is 1.31 bits per heavy atom. The lowest BCUT2D eigenvalue weighted by Gasteiger charge is -2.24. The van der Waals surface area contributed by atoms with E-state index in [-0.39, 0.29) is 0 Å². The number of hydrogen-bond acceptors (Lipinski definition) is 2. The number of carbonyl (C=O) groups is 1. The molecule has 1 unspecified atom stereocenters. The molecule has 1 aliphatic rings. The molecule has 1 aromatic rings. The Hall–Kier alpha value is -1.09. The maximum Gasteiger partial charge on any atom is 0.166 e. The summed E-state index contributed by atoms with van der Waals surface area (Å²) in [5.74, 6) is 0. The van der Waals surface area contributed by atoms with E-state index in [1.165, 1.54) is 31.5 Å². The number of nitrogens with one attached hydrogen (secondary N) is 1.